The van der Waals surface area contributed by atoms with Gasteiger partial charge in [-0.25, -0.2) is 4.79 Å². The summed E-state index contributed by atoms with van der Waals surface area (Å²) in [5.74, 6) is -0.280. The first-order valence-electron chi connectivity index (χ1n) is 7.28. The first kappa shape index (κ1) is 16.8. The molecule has 0 bridgehead atoms. The van der Waals surface area contributed by atoms with E-state index in [1.165, 1.54) is 7.11 Å². The zero-order valence-electron chi connectivity index (χ0n) is 12.9. The zero-order chi connectivity index (χ0) is 16.1. The van der Waals surface area contributed by atoms with E-state index in [-0.39, 0.29) is 11.2 Å². The summed E-state index contributed by atoms with van der Waals surface area (Å²) in [5.41, 5.74) is 2.93. The molecule has 1 saturated heterocycles. The fourth-order valence-electron chi connectivity index (χ4n) is 2.84. The minimum Gasteiger partial charge on any atom is -0.468 e. The number of piperidine rings is 1. The lowest BCUT2D eigenvalue weighted by Crippen LogP contribution is -2.42. The van der Waals surface area contributed by atoms with E-state index in [2.05, 4.69) is 17.5 Å². The van der Waals surface area contributed by atoms with Gasteiger partial charge in [0.15, 0.2) is 0 Å². The van der Waals surface area contributed by atoms with Crippen LogP contribution >= 0.6 is 12.6 Å². The van der Waals surface area contributed by atoms with Gasteiger partial charge in [-0.2, -0.15) is 12.6 Å². The summed E-state index contributed by atoms with van der Waals surface area (Å²) >= 11 is 4.51. The Kier molecular flexibility index (Phi) is 5.80. The lowest BCUT2D eigenvalue weighted by atomic mass is 9.96. The Morgan fingerprint density at radius 3 is 2.82 bits per heavy atom. The summed E-state index contributed by atoms with van der Waals surface area (Å²) in [4.78, 5) is 25.2. The molecule has 1 fully saturated rings. The van der Waals surface area contributed by atoms with Crippen LogP contribution in [0.3, 0.4) is 0 Å². The summed E-state index contributed by atoms with van der Waals surface area (Å²) in [5, 5.41) is 0.0663. The number of ether oxygens (including phenoxy) is 1. The fourth-order valence-corrected chi connectivity index (χ4v) is 3.13. The second-order valence-electron chi connectivity index (χ2n) is 5.43. The van der Waals surface area contributed by atoms with Crippen LogP contribution in [0.15, 0.2) is 35.9 Å². The molecule has 1 unspecified atom stereocenters. The number of thiol groups is 1. The number of hydrogen-bond acceptors (Lipinski definition) is 5. The molecule has 0 radical (unpaired) electrons. The lowest BCUT2D eigenvalue weighted by molar-refractivity contribution is -0.147. The highest BCUT2D eigenvalue weighted by Crippen LogP contribution is 2.31. The maximum Gasteiger partial charge on any atom is 0.327 e. The van der Waals surface area contributed by atoms with Crippen LogP contribution in [0.4, 0.5) is 0 Å². The molecule has 0 amide bonds. The molecule has 22 heavy (non-hydrogen) atoms. The predicted molar refractivity (Wildman–Crippen MR) is 89.0 cm³/mol. The number of likely N-dealkylation sites (tertiary alicyclic amines) is 1. The molecule has 1 aliphatic rings. The minimum atomic E-state index is -0.456. The van der Waals surface area contributed by atoms with Crippen LogP contribution in [0, 0.1) is 6.92 Å². The van der Waals surface area contributed by atoms with Crippen LogP contribution in [0.1, 0.15) is 23.6 Å². The van der Waals surface area contributed by atoms with Gasteiger partial charge in [-0.05, 0) is 36.1 Å². The van der Waals surface area contributed by atoms with Crippen molar-refractivity contribution in [3.05, 3.63) is 47.0 Å². The standard InChI is InChI=1S/C17H21NO3S/c1-12-5-3-4-6-14(12)16(17(20)21-2)18-9-7-15(22)13(11-18)8-10-19/h3-6,8,10,15-16,22H,7,9,11H2,1-2H3/b13-8-/t15?,16-/m0/s1. The zero-order valence-corrected chi connectivity index (χ0v) is 13.8. The highest BCUT2D eigenvalue weighted by molar-refractivity contribution is 7.81. The van der Waals surface area contributed by atoms with Crippen molar-refractivity contribution in [3.8, 4) is 0 Å². The number of carbonyl (C=O) groups excluding carboxylic acids is 2. The molecule has 118 valence electrons. The number of esters is 1. The molecule has 1 aromatic rings. The Morgan fingerprint density at radius 2 is 2.18 bits per heavy atom. The second-order valence-corrected chi connectivity index (χ2v) is 6.06. The van der Waals surface area contributed by atoms with Gasteiger partial charge in [0.05, 0.1) is 7.11 Å². The number of aryl methyl sites for hydroxylation is 1. The van der Waals surface area contributed by atoms with Crippen molar-refractivity contribution in [3.63, 3.8) is 0 Å². The highest BCUT2D eigenvalue weighted by atomic mass is 32.1. The van der Waals surface area contributed by atoms with Crippen LogP contribution in [0.5, 0.6) is 0 Å². The quantitative estimate of drug-likeness (QED) is 0.400. The molecule has 4 nitrogen and oxygen atoms in total. The largest absolute Gasteiger partial charge is 0.468 e. The van der Waals surface area contributed by atoms with Crippen molar-refractivity contribution >= 4 is 24.9 Å². The Labute approximate surface area is 136 Å². The van der Waals surface area contributed by atoms with Crippen LogP contribution in [0.2, 0.25) is 0 Å². The third-order valence-electron chi connectivity index (χ3n) is 4.06. The molecular formula is C17H21NO3S. The first-order valence-corrected chi connectivity index (χ1v) is 7.79. The molecule has 1 heterocycles. The van der Waals surface area contributed by atoms with Crippen LogP contribution in [-0.2, 0) is 14.3 Å². The van der Waals surface area contributed by atoms with E-state index in [9.17, 15) is 9.59 Å². The first-order chi connectivity index (χ1) is 10.6. The molecule has 5 heteroatoms. The van der Waals surface area contributed by atoms with E-state index in [0.717, 1.165) is 36.0 Å². The summed E-state index contributed by atoms with van der Waals surface area (Å²) in [6.07, 6.45) is 3.13. The van der Waals surface area contributed by atoms with Crippen LogP contribution < -0.4 is 0 Å². The third-order valence-corrected chi connectivity index (χ3v) is 4.65. The smallest absolute Gasteiger partial charge is 0.327 e. The number of methoxy groups -OCH3 is 1. The summed E-state index contributed by atoms with van der Waals surface area (Å²) in [6.45, 7) is 3.26. The fraction of sp³-hybridized carbons (Fsp3) is 0.412. The Morgan fingerprint density at radius 1 is 1.45 bits per heavy atom. The van der Waals surface area contributed by atoms with Crippen molar-refractivity contribution in [2.45, 2.75) is 24.6 Å². The van der Waals surface area contributed by atoms with Gasteiger partial charge in [-0.3, -0.25) is 9.69 Å². The van der Waals surface area contributed by atoms with Crippen molar-refractivity contribution in [1.29, 1.82) is 0 Å². The van der Waals surface area contributed by atoms with Gasteiger partial charge in [-0.1, -0.05) is 24.3 Å². The van der Waals surface area contributed by atoms with Gasteiger partial charge >= 0.3 is 5.97 Å². The SMILES string of the molecule is COC(=O)[C@H](c1ccccc1C)N1CCC(S)/C(=C\C=O)C1. The predicted octanol–water partition coefficient (Wildman–Crippen LogP) is 2.34. The van der Waals surface area contributed by atoms with Gasteiger partial charge in [0, 0.05) is 18.3 Å². The molecular weight excluding hydrogens is 298 g/mol. The topological polar surface area (TPSA) is 46.6 Å². The Hall–Kier alpha value is -1.59. The van der Waals surface area contributed by atoms with E-state index in [4.69, 9.17) is 4.74 Å². The van der Waals surface area contributed by atoms with Gasteiger partial charge in [0.2, 0.25) is 0 Å². The molecule has 0 aromatic heterocycles. The highest BCUT2D eigenvalue weighted by Gasteiger charge is 2.33. The number of hydrogen-bond donors (Lipinski definition) is 1. The van der Waals surface area contributed by atoms with Crippen LogP contribution in [-0.4, -0.2) is 42.6 Å². The number of benzene rings is 1. The van der Waals surface area contributed by atoms with Crippen molar-refractivity contribution in [2.75, 3.05) is 20.2 Å². The molecule has 1 aliphatic heterocycles. The monoisotopic (exact) mass is 319 g/mol. The maximum absolute atomic E-state index is 12.3. The number of nitrogens with zero attached hydrogens (tertiary/aromatic N) is 1. The third kappa shape index (κ3) is 3.59. The summed E-state index contributed by atoms with van der Waals surface area (Å²) in [6, 6.07) is 7.35. The average molecular weight is 319 g/mol. The molecule has 0 aliphatic carbocycles. The van der Waals surface area contributed by atoms with E-state index in [1.54, 1.807) is 6.08 Å². The summed E-state index contributed by atoms with van der Waals surface area (Å²) in [7, 11) is 1.40. The number of carbonyl (C=O) groups is 2. The van der Waals surface area contributed by atoms with E-state index < -0.39 is 6.04 Å². The second kappa shape index (κ2) is 7.61. The number of aldehydes is 1. The molecule has 2 rings (SSSR count). The molecule has 0 spiro atoms. The van der Waals surface area contributed by atoms with E-state index in [1.807, 2.05) is 31.2 Å². The number of allylic oxidation sites excluding steroid dienone is 1. The lowest BCUT2D eigenvalue weighted by Gasteiger charge is -2.37. The molecule has 1 aromatic carbocycles. The molecule has 2 atom stereocenters. The van der Waals surface area contributed by atoms with Crippen molar-refractivity contribution in [2.24, 2.45) is 0 Å². The van der Waals surface area contributed by atoms with E-state index in [0.29, 0.717) is 6.54 Å². The van der Waals surface area contributed by atoms with E-state index >= 15 is 0 Å². The Bertz CT molecular complexity index is 585. The van der Waals surface area contributed by atoms with Gasteiger partial charge in [0.1, 0.15) is 12.3 Å². The van der Waals surface area contributed by atoms with Gasteiger partial charge in [0.25, 0.3) is 0 Å². The van der Waals surface area contributed by atoms with Gasteiger partial charge < -0.3 is 4.74 Å². The van der Waals surface area contributed by atoms with Crippen LogP contribution in [0.25, 0.3) is 0 Å². The van der Waals surface area contributed by atoms with Gasteiger partial charge in [-0.15, -0.1) is 0 Å². The van der Waals surface area contributed by atoms with Crippen molar-refractivity contribution in [1.82, 2.24) is 4.90 Å². The maximum atomic E-state index is 12.3. The van der Waals surface area contributed by atoms with Crippen molar-refractivity contribution < 1.29 is 14.3 Å². The number of rotatable bonds is 4. The molecule has 0 N–H and O–H groups in total. The average Bonchev–Trinajstić information content (AvgIpc) is 2.52. The Balaban J connectivity index is 2.35. The normalized spacial score (nSPS) is 22.3. The summed E-state index contributed by atoms with van der Waals surface area (Å²) < 4.78 is 5.01. The minimum absolute atomic E-state index is 0.0663. The molecule has 0 saturated carbocycles.